The predicted octanol–water partition coefficient (Wildman–Crippen LogP) is 2.26. The Morgan fingerprint density at radius 3 is 3.04 bits per heavy atom. The molecule has 0 bridgehead atoms. The third kappa shape index (κ3) is 4.62. The van der Waals surface area contributed by atoms with Gasteiger partial charge in [0.2, 0.25) is 5.91 Å². The van der Waals surface area contributed by atoms with Crippen LogP contribution in [0.4, 0.5) is 5.13 Å². The monoisotopic (exact) mass is 364 g/mol. The number of nitrogens with one attached hydrogen (secondary N) is 3. The van der Waals surface area contributed by atoms with E-state index >= 15 is 0 Å². The Balaban J connectivity index is 1.50. The second kappa shape index (κ2) is 7.87. The quantitative estimate of drug-likeness (QED) is 0.760. The highest BCUT2D eigenvalue weighted by atomic mass is 32.1. The predicted molar refractivity (Wildman–Crippen MR) is 96.7 cm³/mol. The Morgan fingerprint density at radius 2 is 2.29 bits per heavy atom. The van der Waals surface area contributed by atoms with Gasteiger partial charge >= 0.3 is 0 Å². The average molecular weight is 364 g/mol. The van der Waals surface area contributed by atoms with E-state index in [1.165, 1.54) is 22.7 Å². The molecule has 1 aliphatic heterocycles. The minimum absolute atomic E-state index is 0.0180. The standard InChI is InChI=1S/C16H20N4O2S2/c1-10-7-11(4-5-17-10)18-14(21)8-12-9-24-16(19-12)20-15(22)13-3-2-6-23-13/h2-3,6,9-11,17H,4-5,7-8H2,1H3,(H,18,21)(H,19,20,22). The van der Waals surface area contributed by atoms with Gasteiger partial charge in [-0.2, -0.15) is 0 Å². The first-order valence-corrected chi connectivity index (χ1v) is 9.68. The SMILES string of the molecule is CC1CC(NC(=O)Cc2csc(NC(=O)c3cccs3)n2)CCN1. The number of rotatable bonds is 5. The fourth-order valence-electron chi connectivity index (χ4n) is 2.72. The number of hydrogen-bond donors (Lipinski definition) is 3. The molecule has 2 aromatic heterocycles. The summed E-state index contributed by atoms with van der Waals surface area (Å²) >= 11 is 2.72. The molecule has 8 heteroatoms. The lowest BCUT2D eigenvalue weighted by Crippen LogP contribution is -2.46. The van der Waals surface area contributed by atoms with E-state index in [1.54, 1.807) is 6.07 Å². The molecule has 24 heavy (non-hydrogen) atoms. The first-order valence-electron chi connectivity index (χ1n) is 7.92. The molecule has 3 N–H and O–H groups in total. The van der Waals surface area contributed by atoms with E-state index in [2.05, 4.69) is 27.9 Å². The number of piperidine rings is 1. The van der Waals surface area contributed by atoms with Crippen molar-refractivity contribution in [3.63, 3.8) is 0 Å². The number of thiazole rings is 1. The van der Waals surface area contributed by atoms with Crippen LogP contribution in [0.5, 0.6) is 0 Å². The van der Waals surface area contributed by atoms with Gasteiger partial charge in [-0.05, 0) is 37.8 Å². The summed E-state index contributed by atoms with van der Waals surface area (Å²) in [5.74, 6) is -0.186. The van der Waals surface area contributed by atoms with Crippen molar-refractivity contribution in [3.05, 3.63) is 33.5 Å². The molecule has 1 aliphatic rings. The Bertz CT molecular complexity index is 699. The number of nitrogens with zero attached hydrogens (tertiary/aromatic N) is 1. The normalized spacial score (nSPS) is 20.5. The van der Waals surface area contributed by atoms with Crippen LogP contribution < -0.4 is 16.0 Å². The Hall–Kier alpha value is -1.77. The van der Waals surface area contributed by atoms with Gasteiger partial charge in [0, 0.05) is 17.5 Å². The maximum atomic E-state index is 12.2. The van der Waals surface area contributed by atoms with Crippen molar-refractivity contribution in [2.45, 2.75) is 38.3 Å². The summed E-state index contributed by atoms with van der Waals surface area (Å²) in [6, 6.07) is 4.26. The molecule has 0 saturated carbocycles. The van der Waals surface area contributed by atoms with Gasteiger partial charge in [0.15, 0.2) is 5.13 Å². The summed E-state index contributed by atoms with van der Waals surface area (Å²) in [5.41, 5.74) is 0.681. The van der Waals surface area contributed by atoms with E-state index in [-0.39, 0.29) is 24.3 Å². The molecule has 2 atom stereocenters. The molecule has 6 nitrogen and oxygen atoms in total. The number of amides is 2. The molecule has 0 radical (unpaired) electrons. The van der Waals surface area contributed by atoms with Crippen molar-refractivity contribution >= 4 is 39.6 Å². The highest BCUT2D eigenvalue weighted by Crippen LogP contribution is 2.18. The Morgan fingerprint density at radius 1 is 1.42 bits per heavy atom. The summed E-state index contributed by atoms with van der Waals surface area (Å²) in [7, 11) is 0. The largest absolute Gasteiger partial charge is 0.353 e. The van der Waals surface area contributed by atoms with E-state index in [0.717, 1.165) is 19.4 Å². The van der Waals surface area contributed by atoms with E-state index in [1.807, 2.05) is 16.8 Å². The van der Waals surface area contributed by atoms with Gasteiger partial charge in [-0.15, -0.1) is 22.7 Å². The number of carbonyl (C=O) groups is 2. The fraction of sp³-hybridized carbons (Fsp3) is 0.438. The van der Waals surface area contributed by atoms with Crippen molar-refractivity contribution in [2.75, 3.05) is 11.9 Å². The van der Waals surface area contributed by atoms with Crippen LogP contribution in [0.1, 0.15) is 35.1 Å². The average Bonchev–Trinajstić information content (AvgIpc) is 3.19. The number of thiophene rings is 1. The summed E-state index contributed by atoms with van der Waals surface area (Å²) in [5, 5.41) is 13.4. The molecule has 2 aromatic rings. The number of hydrogen-bond acceptors (Lipinski definition) is 6. The summed E-state index contributed by atoms with van der Waals surface area (Å²) in [4.78, 5) is 29.1. The third-order valence-corrected chi connectivity index (χ3v) is 5.52. The van der Waals surface area contributed by atoms with Gasteiger partial charge < -0.3 is 10.6 Å². The molecule has 3 rings (SSSR count). The molecular weight excluding hydrogens is 344 g/mol. The van der Waals surface area contributed by atoms with Gasteiger partial charge in [0.25, 0.3) is 5.91 Å². The molecule has 0 spiro atoms. The van der Waals surface area contributed by atoms with Crippen LogP contribution in [-0.2, 0) is 11.2 Å². The molecule has 128 valence electrons. The lowest BCUT2D eigenvalue weighted by Gasteiger charge is -2.28. The van der Waals surface area contributed by atoms with E-state index in [0.29, 0.717) is 21.7 Å². The number of aromatic nitrogens is 1. The summed E-state index contributed by atoms with van der Waals surface area (Å²) < 4.78 is 0. The minimum Gasteiger partial charge on any atom is -0.353 e. The zero-order valence-corrected chi connectivity index (χ0v) is 15.0. The molecule has 2 unspecified atom stereocenters. The zero-order valence-electron chi connectivity index (χ0n) is 13.4. The third-order valence-electron chi connectivity index (χ3n) is 3.85. The van der Waals surface area contributed by atoms with E-state index in [4.69, 9.17) is 0 Å². The molecule has 2 amide bonds. The van der Waals surface area contributed by atoms with Crippen molar-refractivity contribution in [2.24, 2.45) is 0 Å². The number of anilines is 1. The minimum atomic E-state index is -0.168. The van der Waals surface area contributed by atoms with Crippen LogP contribution >= 0.6 is 22.7 Å². The van der Waals surface area contributed by atoms with Gasteiger partial charge in [-0.25, -0.2) is 4.98 Å². The van der Waals surface area contributed by atoms with Gasteiger partial charge in [0.1, 0.15) is 0 Å². The second-order valence-electron chi connectivity index (χ2n) is 5.90. The van der Waals surface area contributed by atoms with Gasteiger partial charge in [-0.3, -0.25) is 14.9 Å². The van der Waals surface area contributed by atoms with Crippen molar-refractivity contribution in [3.8, 4) is 0 Å². The van der Waals surface area contributed by atoms with Gasteiger partial charge in [0.05, 0.1) is 17.0 Å². The van der Waals surface area contributed by atoms with Crippen molar-refractivity contribution in [1.29, 1.82) is 0 Å². The first kappa shape index (κ1) is 17.1. The Labute approximate surface area is 148 Å². The van der Waals surface area contributed by atoms with Crippen LogP contribution in [0.3, 0.4) is 0 Å². The maximum Gasteiger partial charge on any atom is 0.267 e. The van der Waals surface area contributed by atoms with Crippen LogP contribution in [-0.4, -0.2) is 35.4 Å². The van der Waals surface area contributed by atoms with Crippen molar-refractivity contribution < 1.29 is 9.59 Å². The van der Waals surface area contributed by atoms with Gasteiger partial charge in [-0.1, -0.05) is 6.07 Å². The van der Waals surface area contributed by atoms with Crippen LogP contribution in [0.25, 0.3) is 0 Å². The summed E-state index contributed by atoms with van der Waals surface area (Å²) in [6.45, 7) is 3.06. The highest BCUT2D eigenvalue weighted by molar-refractivity contribution is 7.14. The fourth-order valence-corrected chi connectivity index (χ4v) is 4.04. The highest BCUT2D eigenvalue weighted by Gasteiger charge is 2.20. The smallest absolute Gasteiger partial charge is 0.267 e. The summed E-state index contributed by atoms with van der Waals surface area (Å²) in [6.07, 6.45) is 2.14. The van der Waals surface area contributed by atoms with Crippen LogP contribution in [0.15, 0.2) is 22.9 Å². The molecule has 0 aliphatic carbocycles. The van der Waals surface area contributed by atoms with E-state index in [9.17, 15) is 9.59 Å². The molecule has 3 heterocycles. The maximum absolute atomic E-state index is 12.2. The lowest BCUT2D eigenvalue weighted by atomic mass is 10.0. The number of carbonyl (C=O) groups excluding carboxylic acids is 2. The molecule has 1 fully saturated rings. The second-order valence-corrected chi connectivity index (χ2v) is 7.70. The molecular formula is C16H20N4O2S2. The Kier molecular flexibility index (Phi) is 5.60. The van der Waals surface area contributed by atoms with Crippen LogP contribution in [0, 0.1) is 0 Å². The molecule has 0 aromatic carbocycles. The zero-order chi connectivity index (χ0) is 16.9. The molecule has 1 saturated heterocycles. The van der Waals surface area contributed by atoms with Crippen LogP contribution in [0.2, 0.25) is 0 Å². The topological polar surface area (TPSA) is 83.1 Å². The van der Waals surface area contributed by atoms with Crippen molar-refractivity contribution in [1.82, 2.24) is 15.6 Å². The first-order chi connectivity index (χ1) is 11.6. The lowest BCUT2D eigenvalue weighted by molar-refractivity contribution is -0.121. The van der Waals surface area contributed by atoms with E-state index < -0.39 is 0 Å².